The molecule has 0 N–H and O–H groups in total. The molecule has 4 heteroatoms. The number of carbonyl (C=O) groups is 2. The molecule has 96 valence electrons. The summed E-state index contributed by atoms with van der Waals surface area (Å²) in [7, 11) is 0. The molecule has 0 aromatic heterocycles. The number of esters is 2. The lowest BCUT2D eigenvalue weighted by Gasteiger charge is -2.10. The van der Waals surface area contributed by atoms with E-state index in [9.17, 15) is 9.59 Å². The lowest BCUT2D eigenvalue weighted by Crippen LogP contribution is -2.16. The second kappa shape index (κ2) is 6.59. The highest BCUT2D eigenvalue weighted by Crippen LogP contribution is 2.13. The molecule has 0 radical (unpaired) electrons. The molecule has 0 aliphatic rings. The number of hydrogen-bond acceptors (Lipinski definition) is 4. The Morgan fingerprint density at radius 1 is 1.11 bits per heavy atom. The van der Waals surface area contributed by atoms with E-state index in [1.807, 2.05) is 0 Å². The summed E-state index contributed by atoms with van der Waals surface area (Å²) in [6, 6.07) is 6.40. The highest BCUT2D eigenvalue weighted by Gasteiger charge is 2.19. The molecule has 0 heterocycles. The molecule has 0 amide bonds. The largest absolute Gasteiger partial charge is 0.459 e. The van der Waals surface area contributed by atoms with Gasteiger partial charge < -0.3 is 9.47 Å². The Morgan fingerprint density at radius 3 is 2.17 bits per heavy atom. The average Bonchev–Trinajstić information content (AvgIpc) is 2.35. The van der Waals surface area contributed by atoms with Crippen molar-refractivity contribution in [3.8, 4) is 0 Å². The second-order valence-electron chi connectivity index (χ2n) is 3.87. The fourth-order valence-corrected chi connectivity index (χ4v) is 1.31. The van der Waals surface area contributed by atoms with Crippen LogP contribution in [0.25, 0.3) is 0 Å². The second-order valence-corrected chi connectivity index (χ2v) is 3.87. The van der Waals surface area contributed by atoms with E-state index >= 15 is 0 Å². The van der Waals surface area contributed by atoms with Gasteiger partial charge in [-0.15, -0.1) is 0 Å². The van der Waals surface area contributed by atoms with Gasteiger partial charge in [0.05, 0.1) is 23.5 Å². The minimum Gasteiger partial charge on any atom is -0.459 e. The molecule has 1 aromatic rings. The number of benzene rings is 1. The zero-order valence-corrected chi connectivity index (χ0v) is 10.7. The average molecular weight is 248 g/mol. The summed E-state index contributed by atoms with van der Waals surface area (Å²) in [5, 5.41) is 0. The molecule has 0 unspecified atom stereocenters. The summed E-state index contributed by atoms with van der Waals surface area (Å²) in [6.45, 7) is 5.23. The number of rotatable bonds is 4. The summed E-state index contributed by atoms with van der Waals surface area (Å²) in [6.07, 6.45) is 2.62. The molecule has 0 saturated carbocycles. The molecule has 0 saturated heterocycles. The van der Waals surface area contributed by atoms with Gasteiger partial charge in [-0.2, -0.15) is 0 Å². The smallest absolute Gasteiger partial charge is 0.343 e. The van der Waals surface area contributed by atoms with Crippen molar-refractivity contribution in [2.75, 3.05) is 0 Å². The van der Waals surface area contributed by atoms with Crippen LogP contribution >= 0.6 is 0 Å². The highest BCUT2D eigenvalue weighted by molar-refractivity contribution is 6.03. The summed E-state index contributed by atoms with van der Waals surface area (Å²) >= 11 is 0. The van der Waals surface area contributed by atoms with Crippen LogP contribution in [0.4, 0.5) is 0 Å². The molecular weight excluding hydrogens is 232 g/mol. The van der Waals surface area contributed by atoms with Crippen molar-refractivity contribution in [2.24, 2.45) is 0 Å². The topological polar surface area (TPSA) is 52.6 Å². The van der Waals surface area contributed by atoms with Gasteiger partial charge in [0.1, 0.15) is 0 Å². The van der Waals surface area contributed by atoms with Crippen LogP contribution in [-0.4, -0.2) is 18.0 Å². The predicted octanol–water partition coefficient (Wildman–Crippen LogP) is 2.94. The van der Waals surface area contributed by atoms with Crippen LogP contribution < -0.4 is 0 Å². The van der Waals surface area contributed by atoms with Crippen LogP contribution in [0, 0.1) is 0 Å². The number of carbonyl (C=O) groups excluding carboxylic acids is 2. The molecule has 0 aliphatic carbocycles. The number of allylic oxidation sites excluding steroid dienone is 1. The van der Waals surface area contributed by atoms with Gasteiger partial charge in [0.15, 0.2) is 0 Å². The Hall–Kier alpha value is -2.10. The molecule has 0 spiro atoms. The molecule has 4 nitrogen and oxygen atoms in total. The van der Waals surface area contributed by atoms with Crippen molar-refractivity contribution in [2.45, 2.75) is 26.9 Å². The van der Waals surface area contributed by atoms with Gasteiger partial charge in [-0.3, -0.25) is 0 Å². The number of hydrogen-bond donors (Lipinski definition) is 0. The van der Waals surface area contributed by atoms with Crippen LogP contribution in [0.1, 0.15) is 41.5 Å². The molecule has 0 aliphatic heterocycles. The van der Waals surface area contributed by atoms with Crippen molar-refractivity contribution < 1.29 is 19.1 Å². The monoisotopic (exact) mass is 248 g/mol. The van der Waals surface area contributed by atoms with Gasteiger partial charge in [0, 0.05) is 0 Å². The SMILES string of the molecule is CC=COC(=O)c1ccccc1C(=O)OC(C)C. The Bertz CT molecular complexity index is 461. The third-order valence-electron chi connectivity index (χ3n) is 2.02. The number of ether oxygens (including phenoxy) is 2. The Kier molecular flexibility index (Phi) is 5.11. The van der Waals surface area contributed by atoms with Gasteiger partial charge in [-0.1, -0.05) is 18.2 Å². The zero-order valence-electron chi connectivity index (χ0n) is 10.7. The van der Waals surface area contributed by atoms with E-state index in [-0.39, 0.29) is 17.2 Å². The van der Waals surface area contributed by atoms with E-state index < -0.39 is 11.9 Å². The molecule has 0 atom stereocenters. The van der Waals surface area contributed by atoms with E-state index in [1.54, 1.807) is 39.0 Å². The normalized spacial score (nSPS) is 10.7. The van der Waals surface area contributed by atoms with Crippen molar-refractivity contribution in [1.29, 1.82) is 0 Å². The van der Waals surface area contributed by atoms with Crippen molar-refractivity contribution in [3.63, 3.8) is 0 Å². The molecule has 18 heavy (non-hydrogen) atoms. The van der Waals surface area contributed by atoms with E-state index in [0.29, 0.717) is 0 Å². The maximum atomic E-state index is 11.8. The molecule has 1 rings (SSSR count). The first-order valence-corrected chi connectivity index (χ1v) is 5.68. The molecule has 0 bridgehead atoms. The maximum absolute atomic E-state index is 11.8. The van der Waals surface area contributed by atoms with E-state index in [2.05, 4.69) is 0 Å². The fourth-order valence-electron chi connectivity index (χ4n) is 1.31. The molecule has 0 fully saturated rings. The first-order valence-electron chi connectivity index (χ1n) is 5.68. The Labute approximate surface area is 106 Å². The first kappa shape index (κ1) is 14.0. The van der Waals surface area contributed by atoms with Crippen molar-refractivity contribution >= 4 is 11.9 Å². The van der Waals surface area contributed by atoms with E-state index in [0.717, 1.165) is 0 Å². The fraction of sp³-hybridized carbons (Fsp3) is 0.286. The van der Waals surface area contributed by atoms with Crippen molar-refractivity contribution in [1.82, 2.24) is 0 Å². The first-order chi connectivity index (χ1) is 8.56. The molecule has 1 aromatic carbocycles. The van der Waals surface area contributed by atoms with Crippen molar-refractivity contribution in [3.05, 3.63) is 47.7 Å². The van der Waals surface area contributed by atoms with Gasteiger partial charge in [0.2, 0.25) is 0 Å². The van der Waals surface area contributed by atoms with Crippen LogP contribution in [0.2, 0.25) is 0 Å². The van der Waals surface area contributed by atoms with Gasteiger partial charge in [-0.05, 0) is 32.9 Å². The highest BCUT2D eigenvalue weighted by atomic mass is 16.5. The summed E-state index contributed by atoms with van der Waals surface area (Å²) in [5.41, 5.74) is 0.405. The van der Waals surface area contributed by atoms with Gasteiger partial charge in [-0.25, -0.2) is 9.59 Å². The zero-order chi connectivity index (χ0) is 13.5. The minimum absolute atomic E-state index is 0.196. The van der Waals surface area contributed by atoms with Crippen LogP contribution in [0.3, 0.4) is 0 Å². The lowest BCUT2D eigenvalue weighted by molar-refractivity contribution is 0.0370. The van der Waals surface area contributed by atoms with Crippen LogP contribution in [0.5, 0.6) is 0 Å². The van der Waals surface area contributed by atoms with E-state index in [1.165, 1.54) is 18.4 Å². The van der Waals surface area contributed by atoms with Crippen LogP contribution in [-0.2, 0) is 9.47 Å². The molecular formula is C14H16O4. The summed E-state index contributed by atoms with van der Waals surface area (Å²) in [4.78, 5) is 23.5. The minimum atomic E-state index is -0.579. The van der Waals surface area contributed by atoms with Crippen LogP contribution in [0.15, 0.2) is 36.6 Å². The third-order valence-corrected chi connectivity index (χ3v) is 2.02. The maximum Gasteiger partial charge on any atom is 0.343 e. The van der Waals surface area contributed by atoms with Gasteiger partial charge >= 0.3 is 11.9 Å². The lowest BCUT2D eigenvalue weighted by atomic mass is 10.1. The Balaban J connectivity index is 2.99. The third kappa shape index (κ3) is 3.73. The van der Waals surface area contributed by atoms with Gasteiger partial charge in [0.25, 0.3) is 0 Å². The summed E-state index contributed by atoms with van der Waals surface area (Å²) in [5.74, 6) is -1.11. The predicted molar refractivity (Wildman–Crippen MR) is 67.2 cm³/mol. The Morgan fingerprint density at radius 2 is 1.67 bits per heavy atom. The standard InChI is InChI=1S/C14H16O4/c1-4-9-17-13(15)11-7-5-6-8-12(11)14(16)18-10(2)3/h4-10H,1-3H3. The van der Waals surface area contributed by atoms with E-state index in [4.69, 9.17) is 9.47 Å². The quantitative estimate of drug-likeness (QED) is 0.607. The summed E-state index contributed by atoms with van der Waals surface area (Å²) < 4.78 is 9.91.